The van der Waals surface area contributed by atoms with Gasteiger partial charge in [0.1, 0.15) is 0 Å². The van der Waals surface area contributed by atoms with Crippen molar-refractivity contribution in [3.05, 3.63) is 167 Å². The van der Waals surface area contributed by atoms with Gasteiger partial charge in [0.2, 0.25) is 0 Å². The number of thiophene rings is 2. The summed E-state index contributed by atoms with van der Waals surface area (Å²) in [5, 5.41) is 13.3. The molecule has 8 aromatic carbocycles. The molecule has 0 unspecified atom stereocenters. The number of aryl methyl sites for hydroxylation is 2. The van der Waals surface area contributed by atoms with Gasteiger partial charge in [-0.05, 0) is 0 Å². The molecule has 0 fully saturated rings. The Bertz CT molecular complexity index is 3150. The second-order valence-corrected chi connectivity index (χ2v) is 18.8. The van der Waals surface area contributed by atoms with Gasteiger partial charge in [-0.2, -0.15) is 0 Å². The molecule has 0 bridgehead atoms. The van der Waals surface area contributed by atoms with Gasteiger partial charge in [-0.3, -0.25) is 0 Å². The summed E-state index contributed by atoms with van der Waals surface area (Å²) in [4.78, 5) is 5.35. The van der Waals surface area contributed by atoms with E-state index >= 15 is 0 Å². The number of rotatable bonds is 4. The predicted molar refractivity (Wildman–Crippen MR) is 235 cm³/mol. The summed E-state index contributed by atoms with van der Waals surface area (Å²) in [6, 6.07) is 59.6. The standard InChI is InChI=1S/C50H32S2Se/c1-29-22-26-43(51-29)48-37-16-7-3-12-33(37)46(34-13-4-8-17-38(34)48)31-24-25-32-41-20-11-21-42(50(41)53-45(32)28-31)47-35-14-5-9-18-39(35)49(44-27-23-30(2)52-44)40-19-10-6-15-36(40)47/h3-28H,1-2H3. The molecule has 0 atom stereocenters. The molecule has 0 aliphatic heterocycles. The topological polar surface area (TPSA) is 0 Å². The Hall–Kier alpha value is -5.28. The molecule has 3 aromatic heterocycles. The number of hydrogen-bond donors (Lipinski definition) is 0. The molecule has 0 N–H and O–H groups in total. The van der Waals surface area contributed by atoms with Gasteiger partial charge in [0.05, 0.1) is 0 Å². The summed E-state index contributed by atoms with van der Waals surface area (Å²) in [5.41, 5.74) is 8.06. The van der Waals surface area contributed by atoms with Crippen LogP contribution in [0.5, 0.6) is 0 Å². The van der Waals surface area contributed by atoms with Crippen LogP contribution in [0.1, 0.15) is 9.75 Å². The van der Waals surface area contributed by atoms with Crippen molar-refractivity contribution in [1.82, 2.24) is 0 Å². The molecule has 3 heterocycles. The third-order valence-corrected chi connectivity index (χ3v) is 15.5. The molecular weight excluding hydrogens is 744 g/mol. The Kier molecular flexibility index (Phi) is 7.16. The first-order valence-electron chi connectivity index (χ1n) is 18.1. The van der Waals surface area contributed by atoms with Crippen LogP contribution in [0.25, 0.3) is 106 Å². The van der Waals surface area contributed by atoms with Crippen molar-refractivity contribution in [3.8, 4) is 43.1 Å². The maximum absolute atomic E-state index is 2.51. The first-order chi connectivity index (χ1) is 26.1. The quantitative estimate of drug-likeness (QED) is 0.123. The van der Waals surface area contributed by atoms with Gasteiger partial charge < -0.3 is 0 Å². The molecule has 250 valence electrons. The molecule has 0 saturated heterocycles. The molecule has 11 rings (SSSR count). The number of benzene rings is 8. The predicted octanol–water partition coefficient (Wildman–Crippen LogP) is 15.1. The molecular formula is C50H32S2Se. The number of fused-ring (bicyclic) bond motifs is 7. The van der Waals surface area contributed by atoms with Gasteiger partial charge >= 0.3 is 324 Å². The Morgan fingerprint density at radius 3 is 1.25 bits per heavy atom. The van der Waals surface area contributed by atoms with E-state index in [0.717, 1.165) is 0 Å². The molecule has 0 saturated carbocycles. The zero-order valence-corrected chi connectivity index (χ0v) is 32.6. The average molecular weight is 776 g/mol. The average Bonchev–Trinajstić information content (AvgIpc) is 3.93. The maximum atomic E-state index is 2.51. The minimum atomic E-state index is 0.142. The summed E-state index contributed by atoms with van der Waals surface area (Å²) < 4.78 is 2.95. The van der Waals surface area contributed by atoms with E-state index in [0.29, 0.717) is 0 Å². The SMILES string of the molecule is Cc1ccc(-c2c3ccccc3c(-c3ccc4c(c3)[se]c3c(-c5c6ccccc6c(-c6ccc(C)s6)c6ccccc56)cccc34)c3ccccc23)s1. The molecule has 11 aromatic rings. The van der Waals surface area contributed by atoms with Crippen LogP contribution in [0, 0.1) is 13.8 Å². The summed E-state index contributed by atoms with van der Waals surface area (Å²) in [5.74, 6) is 0. The third kappa shape index (κ3) is 4.79. The molecule has 0 aliphatic carbocycles. The van der Waals surface area contributed by atoms with Crippen molar-refractivity contribution >= 4 is 99.6 Å². The minimum absolute atomic E-state index is 0.142. The Labute approximate surface area is 322 Å². The fraction of sp³-hybridized carbons (Fsp3) is 0.0400. The molecule has 3 heteroatoms. The molecule has 0 nitrogen and oxygen atoms in total. The van der Waals surface area contributed by atoms with Crippen molar-refractivity contribution < 1.29 is 0 Å². The van der Waals surface area contributed by atoms with Gasteiger partial charge in [0, 0.05) is 0 Å². The van der Waals surface area contributed by atoms with Crippen LogP contribution in [0.2, 0.25) is 0 Å². The van der Waals surface area contributed by atoms with Crippen molar-refractivity contribution in [2.24, 2.45) is 0 Å². The molecule has 0 amide bonds. The van der Waals surface area contributed by atoms with E-state index in [1.807, 2.05) is 22.7 Å². The summed E-state index contributed by atoms with van der Waals surface area (Å²) in [7, 11) is 0. The van der Waals surface area contributed by atoms with E-state index < -0.39 is 0 Å². The van der Waals surface area contributed by atoms with E-state index in [2.05, 4.69) is 172 Å². The van der Waals surface area contributed by atoms with Crippen LogP contribution in [0.15, 0.2) is 158 Å². The van der Waals surface area contributed by atoms with Gasteiger partial charge in [-0.25, -0.2) is 0 Å². The fourth-order valence-corrected chi connectivity index (χ4v) is 13.2. The van der Waals surface area contributed by atoms with Crippen molar-refractivity contribution in [1.29, 1.82) is 0 Å². The van der Waals surface area contributed by atoms with Gasteiger partial charge in [0.25, 0.3) is 0 Å². The summed E-state index contributed by atoms with van der Waals surface area (Å²) >= 11 is 3.92. The molecule has 0 spiro atoms. The van der Waals surface area contributed by atoms with Crippen LogP contribution >= 0.6 is 22.7 Å². The Balaban J connectivity index is 1.17. The van der Waals surface area contributed by atoms with Crippen molar-refractivity contribution in [3.63, 3.8) is 0 Å². The monoisotopic (exact) mass is 776 g/mol. The zero-order chi connectivity index (χ0) is 35.2. The second kappa shape index (κ2) is 12.1. The second-order valence-electron chi connectivity index (χ2n) is 14.0. The van der Waals surface area contributed by atoms with Crippen LogP contribution in [0.4, 0.5) is 0 Å². The molecule has 53 heavy (non-hydrogen) atoms. The number of hydrogen-bond acceptors (Lipinski definition) is 2. The van der Waals surface area contributed by atoms with Crippen LogP contribution in [-0.2, 0) is 0 Å². The van der Waals surface area contributed by atoms with Crippen molar-refractivity contribution in [2.75, 3.05) is 0 Å². The summed E-state index contributed by atoms with van der Waals surface area (Å²) in [6.07, 6.45) is 0. The van der Waals surface area contributed by atoms with Gasteiger partial charge in [-0.1, -0.05) is 0 Å². The van der Waals surface area contributed by atoms with Crippen LogP contribution < -0.4 is 0 Å². The molecule has 0 aliphatic rings. The van der Waals surface area contributed by atoms with Crippen molar-refractivity contribution in [2.45, 2.75) is 13.8 Å². The zero-order valence-electron chi connectivity index (χ0n) is 29.2. The van der Waals surface area contributed by atoms with E-state index in [-0.39, 0.29) is 14.5 Å². The first-order valence-corrected chi connectivity index (χ1v) is 21.4. The van der Waals surface area contributed by atoms with E-state index in [1.165, 1.54) is 115 Å². The fourth-order valence-electron chi connectivity index (χ4n) is 8.68. The van der Waals surface area contributed by atoms with Gasteiger partial charge in [-0.15, -0.1) is 0 Å². The van der Waals surface area contributed by atoms with Gasteiger partial charge in [0.15, 0.2) is 0 Å². The summed E-state index contributed by atoms with van der Waals surface area (Å²) in [6.45, 7) is 4.41. The Morgan fingerprint density at radius 2 is 0.792 bits per heavy atom. The van der Waals surface area contributed by atoms with E-state index in [1.54, 1.807) is 0 Å². The third-order valence-electron chi connectivity index (χ3n) is 10.9. The first kappa shape index (κ1) is 31.3. The van der Waals surface area contributed by atoms with Crippen LogP contribution in [0.3, 0.4) is 0 Å². The normalized spacial score (nSPS) is 12.0. The van der Waals surface area contributed by atoms with E-state index in [9.17, 15) is 0 Å². The van der Waals surface area contributed by atoms with E-state index in [4.69, 9.17) is 0 Å². The Morgan fingerprint density at radius 1 is 0.358 bits per heavy atom. The molecule has 0 radical (unpaired) electrons. The van der Waals surface area contributed by atoms with Crippen LogP contribution in [-0.4, -0.2) is 14.5 Å².